The zero-order chi connectivity index (χ0) is 13.9. The van der Waals surface area contributed by atoms with Gasteiger partial charge in [-0.25, -0.2) is 9.78 Å². The van der Waals surface area contributed by atoms with Gasteiger partial charge in [0.25, 0.3) is 0 Å². The smallest absolute Gasteiger partial charge is 0.322 e. The highest BCUT2D eigenvalue weighted by Gasteiger charge is 2.21. The highest BCUT2D eigenvalue weighted by atomic mass is 32.1. The lowest BCUT2D eigenvalue weighted by molar-refractivity contribution is 0.207. The molecule has 2 aromatic heterocycles. The number of anilines is 1. The molecule has 2 amide bonds. The summed E-state index contributed by atoms with van der Waals surface area (Å²) in [6, 6.07) is 5.51. The van der Waals surface area contributed by atoms with Crippen molar-refractivity contribution >= 4 is 23.1 Å². The molecular formula is C14H15N3O2S. The van der Waals surface area contributed by atoms with Crippen molar-refractivity contribution in [2.24, 2.45) is 0 Å². The Kier molecular flexibility index (Phi) is 3.56. The summed E-state index contributed by atoms with van der Waals surface area (Å²) in [7, 11) is 1.56. The Bertz CT molecular complexity index is 609. The number of ether oxygens (including phenoxy) is 1. The van der Waals surface area contributed by atoms with Crippen LogP contribution in [0.25, 0.3) is 0 Å². The van der Waals surface area contributed by atoms with Crippen LogP contribution in [0.1, 0.15) is 10.4 Å². The molecule has 3 rings (SSSR count). The maximum absolute atomic E-state index is 12.2. The average Bonchev–Trinajstić information content (AvgIpc) is 2.95. The Labute approximate surface area is 121 Å². The van der Waals surface area contributed by atoms with Gasteiger partial charge in [0.1, 0.15) is 0 Å². The number of aromatic nitrogens is 1. The molecule has 104 valence electrons. The third kappa shape index (κ3) is 2.60. The van der Waals surface area contributed by atoms with E-state index in [1.54, 1.807) is 36.8 Å². The normalized spacial score (nSPS) is 13.8. The molecular weight excluding hydrogens is 274 g/mol. The van der Waals surface area contributed by atoms with Gasteiger partial charge in [0.15, 0.2) is 0 Å². The molecule has 0 fully saturated rings. The van der Waals surface area contributed by atoms with Crippen molar-refractivity contribution in [1.29, 1.82) is 0 Å². The fourth-order valence-electron chi connectivity index (χ4n) is 2.20. The molecule has 0 aliphatic carbocycles. The lowest BCUT2D eigenvalue weighted by atomic mass is 10.1. The molecule has 0 saturated heterocycles. The predicted molar refractivity (Wildman–Crippen MR) is 78.2 cm³/mol. The first-order chi connectivity index (χ1) is 9.76. The summed E-state index contributed by atoms with van der Waals surface area (Å²) in [4.78, 5) is 19.5. The van der Waals surface area contributed by atoms with Crippen LogP contribution in [0.4, 0.5) is 10.5 Å². The first-order valence-corrected chi connectivity index (χ1v) is 7.25. The van der Waals surface area contributed by atoms with E-state index in [4.69, 9.17) is 4.74 Å². The lowest BCUT2D eigenvalue weighted by Crippen LogP contribution is -2.38. The molecule has 2 aromatic rings. The van der Waals surface area contributed by atoms with Crippen LogP contribution >= 0.6 is 11.3 Å². The molecule has 0 unspecified atom stereocenters. The molecule has 0 bridgehead atoms. The van der Waals surface area contributed by atoms with E-state index in [2.05, 4.69) is 21.7 Å². The van der Waals surface area contributed by atoms with Crippen molar-refractivity contribution in [2.75, 3.05) is 19.0 Å². The molecule has 1 N–H and O–H groups in total. The van der Waals surface area contributed by atoms with E-state index in [1.807, 2.05) is 4.90 Å². The number of hydrogen-bond donors (Lipinski definition) is 1. The number of hydrogen-bond acceptors (Lipinski definition) is 4. The Balaban J connectivity index is 1.65. The van der Waals surface area contributed by atoms with Crippen LogP contribution in [0, 0.1) is 0 Å². The number of methoxy groups -OCH3 is 1. The Hall–Kier alpha value is -2.08. The summed E-state index contributed by atoms with van der Waals surface area (Å²) >= 11 is 1.76. The van der Waals surface area contributed by atoms with Crippen molar-refractivity contribution in [1.82, 2.24) is 9.88 Å². The van der Waals surface area contributed by atoms with E-state index < -0.39 is 0 Å². The molecule has 20 heavy (non-hydrogen) atoms. The highest BCUT2D eigenvalue weighted by Crippen LogP contribution is 2.24. The van der Waals surface area contributed by atoms with Crippen molar-refractivity contribution in [3.05, 3.63) is 40.2 Å². The largest absolute Gasteiger partial charge is 0.481 e. The molecule has 0 atom stereocenters. The summed E-state index contributed by atoms with van der Waals surface area (Å²) in [6.45, 7) is 1.43. The van der Waals surface area contributed by atoms with Crippen molar-refractivity contribution in [3.63, 3.8) is 0 Å². The molecule has 1 aliphatic rings. The average molecular weight is 289 g/mol. The van der Waals surface area contributed by atoms with Crippen LogP contribution in [-0.4, -0.2) is 29.6 Å². The molecule has 3 heterocycles. The quantitative estimate of drug-likeness (QED) is 0.925. The molecule has 0 saturated carbocycles. The molecule has 5 nitrogen and oxygen atoms in total. The van der Waals surface area contributed by atoms with Gasteiger partial charge in [-0.15, -0.1) is 11.3 Å². The second kappa shape index (κ2) is 5.50. The maximum Gasteiger partial charge on any atom is 0.322 e. The van der Waals surface area contributed by atoms with Gasteiger partial charge in [0.2, 0.25) is 5.88 Å². The van der Waals surface area contributed by atoms with Crippen molar-refractivity contribution < 1.29 is 9.53 Å². The minimum absolute atomic E-state index is 0.0891. The van der Waals surface area contributed by atoms with E-state index >= 15 is 0 Å². The number of thiophene rings is 1. The number of fused-ring (bicyclic) bond motifs is 1. The maximum atomic E-state index is 12.2. The fraction of sp³-hybridized carbons (Fsp3) is 0.286. The lowest BCUT2D eigenvalue weighted by Gasteiger charge is -2.27. The first kappa shape index (κ1) is 12.9. The third-order valence-corrected chi connectivity index (χ3v) is 4.31. The second-order valence-corrected chi connectivity index (χ2v) is 5.56. The van der Waals surface area contributed by atoms with Gasteiger partial charge in [0, 0.05) is 24.0 Å². The summed E-state index contributed by atoms with van der Waals surface area (Å²) in [5.74, 6) is 0.531. The van der Waals surface area contributed by atoms with Crippen LogP contribution in [-0.2, 0) is 13.0 Å². The molecule has 0 aromatic carbocycles. The van der Waals surface area contributed by atoms with Crippen LogP contribution in [0.15, 0.2) is 29.8 Å². The summed E-state index contributed by atoms with van der Waals surface area (Å²) < 4.78 is 4.99. The van der Waals surface area contributed by atoms with E-state index in [0.29, 0.717) is 18.1 Å². The number of pyridine rings is 1. The number of urea groups is 1. The van der Waals surface area contributed by atoms with Crippen LogP contribution in [0.2, 0.25) is 0 Å². The molecule has 1 aliphatic heterocycles. The van der Waals surface area contributed by atoms with Crippen molar-refractivity contribution in [2.45, 2.75) is 13.0 Å². The van der Waals surface area contributed by atoms with Gasteiger partial charge in [-0.05, 0) is 29.5 Å². The number of amides is 2. The minimum atomic E-state index is -0.0891. The third-order valence-electron chi connectivity index (χ3n) is 3.29. The number of rotatable bonds is 2. The van der Waals surface area contributed by atoms with E-state index in [1.165, 1.54) is 10.4 Å². The van der Waals surface area contributed by atoms with Gasteiger partial charge in [0.05, 0.1) is 19.0 Å². The monoisotopic (exact) mass is 289 g/mol. The molecule has 6 heteroatoms. The molecule has 0 spiro atoms. The molecule has 0 radical (unpaired) electrons. The van der Waals surface area contributed by atoms with E-state index in [9.17, 15) is 4.79 Å². The summed E-state index contributed by atoms with van der Waals surface area (Å²) in [6.07, 6.45) is 2.53. The van der Waals surface area contributed by atoms with Gasteiger partial charge in [-0.3, -0.25) is 0 Å². The number of carbonyl (C=O) groups excluding carboxylic acids is 1. The van der Waals surface area contributed by atoms with Gasteiger partial charge < -0.3 is 15.0 Å². The fourth-order valence-corrected chi connectivity index (χ4v) is 3.09. The predicted octanol–water partition coefficient (Wildman–Crippen LogP) is 2.74. The van der Waals surface area contributed by atoms with Crippen LogP contribution in [0.3, 0.4) is 0 Å². The van der Waals surface area contributed by atoms with Gasteiger partial charge in [-0.1, -0.05) is 0 Å². The minimum Gasteiger partial charge on any atom is -0.481 e. The van der Waals surface area contributed by atoms with Gasteiger partial charge >= 0.3 is 6.03 Å². The Morgan fingerprint density at radius 2 is 2.35 bits per heavy atom. The van der Waals surface area contributed by atoms with E-state index in [0.717, 1.165) is 13.0 Å². The first-order valence-electron chi connectivity index (χ1n) is 6.37. The summed E-state index contributed by atoms with van der Waals surface area (Å²) in [5, 5.41) is 4.94. The second-order valence-electron chi connectivity index (χ2n) is 4.56. The Morgan fingerprint density at radius 1 is 1.45 bits per heavy atom. The SMILES string of the molecule is COc1ccc(NC(=O)N2CCc3sccc3C2)cn1. The van der Waals surface area contributed by atoms with E-state index in [-0.39, 0.29) is 6.03 Å². The number of nitrogens with one attached hydrogen (secondary N) is 1. The van der Waals surface area contributed by atoms with Crippen LogP contribution < -0.4 is 10.1 Å². The highest BCUT2D eigenvalue weighted by molar-refractivity contribution is 7.10. The zero-order valence-corrected chi connectivity index (χ0v) is 11.9. The standard InChI is InChI=1S/C14H15N3O2S/c1-19-13-3-2-11(8-15-13)16-14(18)17-6-4-12-10(9-17)5-7-20-12/h2-3,5,7-8H,4,6,9H2,1H3,(H,16,18). The van der Waals surface area contributed by atoms with Gasteiger partial charge in [-0.2, -0.15) is 0 Å². The number of carbonyl (C=O) groups is 1. The van der Waals surface area contributed by atoms with Crippen molar-refractivity contribution in [3.8, 4) is 5.88 Å². The van der Waals surface area contributed by atoms with Crippen LogP contribution in [0.5, 0.6) is 5.88 Å². The number of nitrogens with zero attached hydrogens (tertiary/aromatic N) is 2. The Morgan fingerprint density at radius 3 is 3.10 bits per heavy atom. The topological polar surface area (TPSA) is 54.5 Å². The summed E-state index contributed by atoms with van der Waals surface area (Å²) in [5.41, 5.74) is 1.93. The zero-order valence-electron chi connectivity index (χ0n) is 11.1.